The lowest BCUT2D eigenvalue weighted by Crippen LogP contribution is -2.48. The molecule has 1 saturated heterocycles. The van der Waals surface area contributed by atoms with Gasteiger partial charge in [0.2, 0.25) is 0 Å². The fourth-order valence-corrected chi connectivity index (χ4v) is 4.44. The van der Waals surface area contributed by atoms with Gasteiger partial charge in [-0.05, 0) is 55.2 Å². The lowest BCUT2D eigenvalue weighted by atomic mass is 9.99. The molecule has 0 saturated carbocycles. The van der Waals surface area contributed by atoms with Gasteiger partial charge in [-0.2, -0.15) is 0 Å². The molecule has 0 spiro atoms. The first-order chi connectivity index (χ1) is 15.3. The number of aliphatic hydroxyl groups excluding tert-OH is 1. The highest BCUT2D eigenvalue weighted by Crippen LogP contribution is 2.36. The van der Waals surface area contributed by atoms with Crippen LogP contribution in [0.25, 0.3) is 5.57 Å². The molecule has 0 aliphatic carbocycles. The molecule has 2 aromatic rings. The molecule has 0 radical (unpaired) electrons. The Bertz CT molecular complexity index is 1100. The van der Waals surface area contributed by atoms with Crippen LogP contribution in [0.3, 0.4) is 0 Å². The molecule has 0 bridgehead atoms. The Labute approximate surface area is 193 Å². The van der Waals surface area contributed by atoms with E-state index in [9.17, 15) is 14.7 Å². The second-order valence-corrected chi connectivity index (χ2v) is 8.86. The average molecular weight is 454 g/mol. The third-order valence-electron chi connectivity index (χ3n) is 6.37. The van der Waals surface area contributed by atoms with Gasteiger partial charge in [0, 0.05) is 37.7 Å². The molecule has 6 nitrogen and oxygen atoms in total. The topological polar surface area (TPSA) is 64.1 Å². The van der Waals surface area contributed by atoms with Crippen molar-refractivity contribution in [2.45, 2.75) is 20.8 Å². The summed E-state index contributed by atoms with van der Waals surface area (Å²) < 4.78 is 0. The number of anilines is 1. The fourth-order valence-electron chi connectivity index (χ4n) is 4.26. The third kappa shape index (κ3) is 4.06. The summed E-state index contributed by atoms with van der Waals surface area (Å²) in [5.74, 6) is -0.648. The average Bonchev–Trinajstić information content (AvgIpc) is 3.03. The molecule has 168 valence electrons. The van der Waals surface area contributed by atoms with Gasteiger partial charge >= 0.3 is 0 Å². The minimum atomic E-state index is -0.328. The van der Waals surface area contributed by atoms with Crippen LogP contribution in [-0.4, -0.2) is 66.1 Å². The molecule has 7 heteroatoms. The largest absolute Gasteiger partial charge is 0.395 e. The Morgan fingerprint density at radius 1 is 0.875 bits per heavy atom. The maximum Gasteiger partial charge on any atom is 0.282 e. The van der Waals surface area contributed by atoms with E-state index in [1.54, 1.807) is 12.1 Å². The van der Waals surface area contributed by atoms with E-state index in [2.05, 4.69) is 4.90 Å². The van der Waals surface area contributed by atoms with Gasteiger partial charge in [0.05, 0.1) is 17.9 Å². The number of carbonyl (C=O) groups is 2. The van der Waals surface area contributed by atoms with Crippen LogP contribution < -0.4 is 4.90 Å². The second kappa shape index (κ2) is 9.06. The number of imide groups is 1. The van der Waals surface area contributed by atoms with E-state index in [1.165, 1.54) is 4.90 Å². The predicted molar refractivity (Wildman–Crippen MR) is 127 cm³/mol. The van der Waals surface area contributed by atoms with Crippen LogP contribution in [0.4, 0.5) is 5.69 Å². The van der Waals surface area contributed by atoms with Crippen molar-refractivity contribution in [1.29, 1.82) is 0 Å². The first-order valence-electron chi connectivity index (χ1n) is 10.9. The van der Waals surface area contributed by atoms with Crippen molar-refractivity contribution in [3.8, 4) is 0 Å². The predicted octanol–water partition coefficient (Wildman–Crippen LogP) is 3.16. The number of aliphatic hydroxyl groups is 1. The van der Waals surface area contributed by atoms with Crippen molar-refractivity contribution in [3.05, 3.63) is 69.4 Å². The highest BCUT2D eigenvalue weighted by Gasteiger charge is 2.43. The maximum absolute atomic E-state index is 13.7. The quantitative estimate of drug-likeness (QED) is 0.704. The zero-order valence-corrected chi connectivity index (χ0v) is 19.4. The number of piperazine rings is 1. The van der Waals surface area contributed by atoms with Gasteiger partial charge in [0.1, 0.15) is 5.70 Å². The summed E-state index contributed by atoms with van der Waals surface area (Å²) >= 11 is 6.31. The summed E-state index contributed by atoms with van der Waals surface area (Å²) in [6.45, 7) is 9.31. The lowest BCUT2D eigenvalue weighted by molar-refractivity contribution is -0.120. The van der Waals surface area contributed by atoms with E-state index in [4.69, 9.17) is 11.6 Å². The first-order valence-corrected chi connectivity index (χ1v) is 11.2. The highest BCUT2D eigenvalue weighted by molar-refractivity contribution is 6.45. The molecule has 2 aromatic carbocycles. The number of nitrogens with zero attached hydrogens (tertiary/aromatic N) is 3. The number of rotatable bonds is 5. The van der Waals surface area contributed by atoms with Gasteiger partial charge < -0.3 is 10.0 Å². The highest BCUT2D eigenvalue weighted by atomic mass is 35.5. The van der Waals surface area contributed by atoms with Crippen LogP contribution in [0.15, 0.2) is 42.1 Å². The Morgan fingerprint density at radius 3 is 2.19 bits per heavy atom. The van der Waals surface area contributed by atoms with Crippen LogP contribution in [0.2, 0.25) is 5.02 Å². The number of benzene rings is 2. The Morgan fingerprint density at radius 2 is 1.56 bits per heavy atom. The van der Waals surface area contributed by atoms with Crippen molar-refractivity contribution in [2.75, 3.05) is 44.2 Å². The van der Waals surface area contributed by atoms with Gasteiger partial charge in [0.25, 0.3) is 11.8 Å². The molecule has 2 aliphatic rings. The SMILES string of the molecule is Cc1ccc(C2=C(N3CCN(CCO)CC3)C(=O)N(c3ccc(C)c(Cl)c3)C2=O)cc1C. The van der Waals surface area contributed by atoms with Crippen LogP contribution in [0, 0.1) is 20.8 Å². The molecule has 2 aliphatic heterocycles. The minimum Gasteiger partial charge on any atom is -0.395 e. The van der Waals surface area contributed by atoms with Crippen LogP contribution in [0.5, 0.6) is 0 Å². The Kier molecular flexibility index (Phi) is 6.38. The molecular weight excluding hydrogens is 426 g/mol. The normalized spacial score (nSPS) is 17.7. The van der Waals surface area contributed by atoms with E-state index in [1.807, 2.05) is 49.9 Å². The molecule has 0 aromatic heterocycles. The minimum absolute atomic E-state index is 0.107. The van der Waals surface area contributed by atoms with Crippen molar-refractivity contribution in [1.82, 2.24) is 9.80 Å². The second-order valence-electron chi connectivity index (χ2n) is 8.45. The molecular formula is C25H28ClN3O3. The summed E-state index contributed by atoms with van der Waals surface area (Å²) in [6.07, 6.45) is 0. The zero-order chi connectivity index (χ0) is 23.0. The van der Waals surface area contributed by atoms with E-state index in [-0.39, 0.29) is 18.4 Å². The Balaban J connectivity index is 1.77. The summed E-state index contributed by atoms with van der Waals surface area (Å²) in [5, 5.41) is 9.75. The summed E-state index contributed by atoms with van der Waals surface area (Å²) in [4.78, 5) is 32.7. The number of aryl methyl sites for hydroxylation is 3. The van der Waals surface area contributed by atoms with Crippen molar-refractivity contribution < 1.29 is 14.7 Å². The number of β-amino-alcohol motifs (C(OH)–C–C–N with tert-alkyl or cyclic N) is 1. The summed E-state index contributed by atoms with van der Waals surface area (Å²) in [5.41, 5.74) is 5.19. The van der Waals surface area contributed by atoms with Gasteiger partial charge in [-0.3, -0.25) is 14.5 Å². The summed E-state index contributed by atoms with van der Waals surface area (Å²) in [6, 6.07) is 11.1. The number of halogens is 1. The molecule has 0 atom stereocenters. The van der Waals surface area contributed by atoms with E-state index < -0.39 is 0 Å². The van der Waals surface area contributed by atoms with Gasteiger partial charge in [0.15, 0.2) is 0 Å². The molecule has 4 rings (SSSR count). The Hall–Kier alpha value is -2.67. The maximum atomic E-state index is 13.7. The lowest BCUT2D eigenvalue weighted by Gasteiger charge is -2.36. The molecule has 1 N–H and O–H groups in total. The van der Waals surface area contributed by atoms with Crippen LogP contribution in [-0.2, 0) is 9.59 Å². The third-order valence-corrected chi connectivity index (χ3v) is 6.78. The van der Waals surface area contributed by atoms with Crippen LogP contribution >= 0.6 is 11.6 Å². The number of hydrogen-bond acceptors (Lipinski definition) is 5. The molecule has 2 amide bonds. The van der Waals surface area contributed by atoms with Crippen molar-refractivity contribution >= 4 is 34.7 Å². The van der Waals surface area contributed by atoms with E-state index >= 15 is 0 Å². The van der Waals surface area contributed by atoms with Crippen LogP contribution in [0.1, 0.15) is 22.3 Å². The van der Waals surface area contributed by atoms with Gasteiger partial charge in [-0.25, -0.2) is 4.90 Å². The summed E-state index contributed by atoms with van der Waals surface area (Å²) in [7, 11) is 0. The standard InChI is InChI=1S/C25H28ClN3O3/c1-16-4-6-19(14-18(16)3)22-23(28-10-8-27(9-11-28)12-13-30)25(32)29(24(22)31)20-7-5-17(2)21(26)15-20/h4-7,14-15,30H,8-13H2,1-3H3. The molecule has 2 heterocycles. The zero-order valence-electron chi connectivity index (χ0n) is 18.7. The number of carbonyl (C=O) groups excluding carboxylic acids is 2. The molecule has 32 heavy (non-hydrogen) atoms. The van der Waals surface area contributed by atoms with E-state index in [0.29, 0.717) is 41.6 Å². The number of amides is 2. The van der Waals surface area contributed by atoms with Crippen molar-refractivity contribution in [3.63, 3.8) is 0 Å². The first kappa shape index (κ1) is 22.5. The van der Waals surface area contributed by atoms with Gasteiger partial charge in [-0.15, -0.1) is 0 Å². The van der Waals surface area contributed by atoms with Crippen molar-refractivity contribution in [2.24, 2.45) is 0 Å². The van der Waals surface area contributed by atoms with E-state index in [0.717, 1.165) is 35.3 Å². The fraction of sp³-hybridized carbons (Fsp3) is 0.360. The van der Waals surface area contributed by atoms with Gasteiger partial charge in [-0.1, -0.05) is 35.9 Å². The molecule has 0 unspecified atom stereocenters. The molecule has 1 fully saturated rings. The smallest absolute Gasteiger partial charge is 0.282 e. The number of hydrogen-bond donors (Lipinski definition) is 1. The monoisotopic (exact) mass is 453 g/mol.